The van der Waals surface area contributed by atoms with E-state index in [1.165, 1.54) is 30.6 Å². The molecule has 0 spiro atoms. The molecule has 20 heavy (non-hydrogen) atoms. The molecule has 2 rings (SSSR count). The van der Waals surface area contributed by atoms with E-state index in [9.17, 15) is 14.4 Å². The van der Waals surface area contributed by atoms with Crippen molar-refractivity contribution in [2.45, 2.75) is 6.92 Å². The van der Waals surface area contributed by atoms with E-state index >= 15 is 0 Å². The summed E-state index contributed by atoms with van der Waals surface area (Å²) in [5, 5.41) is 4.60. The summed E-state index contributed by atoms with van der Waals surface area (Å²) in [6.45, 7) is 1.27. The fraction of sp³-hybridized carbons (Fsp3) is 0.0833. The third-order valence-electron chi connectivity index (χ3n) is 2.23. The van der Waals surface area contributed by atoms with E-state index in [2.05, 4.69) is 16.2 Å². The van der Waals surface area contributed by atoms with Crippen molar-refractivity contribution in [2.75, 3.05) is 5.32 Å². The Morgan fingerprint density at radius 3 is 2.60 bits per heavy atom. The smallest absolute Gasteiger partial charge is 0.291 e. The zero-order valence-electron chi connectivity index (χ0n) is 10.4. The normalized spacial score (nSPS) is 9.85. The second-order valence-electron chi connectivity index (χ2n) is 3.73. The summed E-state index contributed by atoms with van der Waals surface area (Å²) in [5.41, 5.74) is 4.66. The van der Waals surface area contributed by atoms with Gasteiger partial charge in [-0.3, -0.25) is 25.2 Å². The molecule has 104 valence electrons. The van der Waals surface area contributed by atoms with Crippen molar-refractivity contribution in [3.8, 4) is 0 Å². The van der Waals surface area contributed by atoms with Gasteiger partial charge in [0.05, 0.1) is 11.8 Å². The summed E-state index contributed by atoms with van der Waals surface area (Å²) in [6, 6.07) is 4.65. The molecule has 0 saturated heterocycles. The van der Waals surface area contributed by atoms with Crippen LogP contribution in [0.5, 0.6) is 0 Å². The first kappa shape index (κ1) is 13.8. The van der Waals surface area contributed by atoms with E-state index in [-0.39, 0.29) is 11.3 Å². The van der Waals surface area contributed by atoms with Crippen LogP contribution in [-0.2, 0) is 4.79 Å². The lowest BCUT2D eigenvalue weighted by Gasteiger charge is -2.06. The highest BCUT2D eigenvalue weighted by Gasteiger charge is 2.17. The van der Waals surface area contributed by atoms with Gasteiger partial charge in [-0.25, -0.2) is 0 Å². The fourth-order valence-corrected chi connectivity index (χ4v) is 2.15. The lowest BCUT2D eigenvalue weighted by Crippen LogP contribution is -2.40. The SMILES string of the molecule is CC(=O)NNC(=O)c1ccsc1NC(=O)c1ccco1. The second-order valence-corrected chi connectivity index (χ2v) is 4.65. The van der Waals surface area contributed by atoms with E-state index in [0.717, 1.165) is 0 Å². The predicted molar refractivity (Wildman–Crippen MR) is 72.3 cm³/mol. The number of hydrazine groups is 1. The van der Waals surface area contributed by atoms with E-state index in [0.29, 0.717) is 5.00 Å². The number of hydrogen-bond donors (Lipinski definition) is 3. The highest BCUT2D eigenvalue weighted by molar-refractivity contribution is 7.14. The monoisotopic (exact) mass is 293 g/mol. The Balaban J connectivity index is 2.07. The summed E-state index contributed by atoms with van der Waals surface area (Å²) in [7, 11) is 0. The second kappa shape index (κ2) is 6.02. The molecule has 0 unspecified atom stereocenters. The summed E-state index contributed by atoms with van der Waals surface area (Å²) in [4.78, 5) is 34.4. The molecule has 0 aliphatic rings. The number of carbonyl (C=O) groups excluding carboxylic acids is 3. The minimum Gasteiger partial charge on any atom is -0.459 e. The Kier molecular flexibility index (Phi) is 4.16. The molecule has 8 heteroatoms. The van der Waals surface area contributed by atoms with Gasteiger partial charge in [-0.15, -0.1) is 11.3 Å². The van der Waals surface area contributed by atoms with Gasteiger partial charge in [0.2, 0.25) is 5.91 Å². The third-order valence-corrected chi connectivity index (χ3v) is 3.06. The lowest BCUT2D eigenvalue weighted by atomic mass is 10.3. The molecular weight excluding hydrogens is 282 g/mol. The molecule has 0 bridgehead atoms. The highest BCUT2D eigenvalue weighted by Crippen LogP contribution is 2.23. The predicted octanol–water partition coefficient (Wildman–Crippen LogP) is 1.37. The molecule has 3 N–H and O–H groups in total. The fourth-order valence-electron chi connectivity index (χ4n) is 1.37. The van der Waals surface area contributed by atoms with E-state index < -0.39 is 17.7 Å². The molecule has 0 radical (unpaired) electrons. The molecule has 0 aromatic carbocycles. The van der Waals surface area contributed by atoms with Crippen LogP contribution < -0.4 is 16.2 Å². The van der Waals surface area contributed by atoms with Crippen molar-refractivity contribution in [1.29, 1.82) is 0 Å². The maximum absolute atomic E-state index is 11.8. The topological polar surface area (TPSA) is 100 Å². The molecule has 2 aromatic heterocycles. The van der Waals surface area contributed by atoms with Gasteiger partial charge in [-0.05, 0) is 23.6 Å². The Morgan fingerprint density at radius 1 is 1.15 bits per heavy atom. The third kappa shape index (κ3) is 3.23. The van der Waals surface area contributed by atoms with Crippen LogP contribution in [0.15, 0.2) is 34.3 Å². The van der Waals surface area contributed by atoms with Crippen LogP contribution >= 0.6 is 11.3 Å². The molecule has 0 saturated carbocycles. The average molecular weight is 293 g/mol. The molecule has 3 amide bonds. The zero-order valence-corrected chi connectivity index (χ0v) is 11.2. The van der Waals surface area contributed by atoms with Crippen LogP contribution in [0, 0.1) is 0 Å². The molecular formula is C12H11N3O4S. The summed E-state index contributed by atoms with van der Waals surface area (Å²) >= 11 is 1.19. The summed E-state index contributed by atoms with van der Waals surface area (Å²) < 4.78 is 4.96. The Morgan fingerprint density at radius 2 is 1.95 bits per heavy atom. The van der Waals surface area contributed by atoms with E-state index in [1.54, 1.807) is 17.5 Å². The minimum absolute atomic E-state index is 0.145. The number of hydrogen-bond acceptors (Lipinski definition) is 5. The van der Waals surface area contributed by atoms with Crippen LogP contribution in [0.1, 0.15) is 27.8 Å². The lowest BCUT2D eigenvalue weighted by molar-refractivity contribution is -0.119. The summed E-state index contributed by atoms with van der Waals surface area (Å²) in [5.74, 6) is -1.22. The van der Waals surface area contributed by atoms with Gasteiger partial charge in [0.25, 0.3) is 11.8 Å². The van der Waals surface area contributed by atoms with Crippen LogP contribution in [0.2, 0.25) is 0 Å². The number of furan rings is 1. The number of amides is 3. The van der Waals surface area contributed by atoms with Gasteiger partial charge in [-0.1, -0.05) is 0 Å². The maximum atomic E-state index is 11.8. The van der Waals surface area contributed by atoms with Gasteiger partial charge >= 0.3 is 0 Å². The van der Waals surface area contributed by atoms with Crippen molar-refractivity contribution in [3.05, 3.63) is 41.2 Å². The van der Waals surface area contributed by atoms with E-state index in [4.69, 9.17) is 4.42 Å². The number of nitrogens with one attached hydrogen (secondary N) is 3. The molecule has 2 heterocycles. The minimum atomic E-state index is -0.517. The van der Waals surface area contributed by atoms with Gasteiger partial charge in [-0.2, -0.15) is 0 Å². The molecule has 0 aliphatic carbocycles. The molecule has 0 fully saturated rings. The van der Waals surface area contributed by atoms with Crippen molar-refractivity contribution >= 4 is 34.1 Å². The maximum Gasteiger partial charge on any atom is 0.291 e. The summed E-state index contributed by atoms with van der Waals surface area (Å²) in [6.07, 6.45) is 1.38. The first-order chi connectivity index (χ1) is 9.58. The first-order valence-corrected chi connectivity index (χ1v) is 6.45. The Labute approximate surface area is 117 Å². The standard InChI is InChI=1S/C12H11N3O4S/c1-7(16)14-15-10(17)8-4-6-20-12(8)13-11(18)9-3-2-5-19-9/h2-6H,1H3,(H,13,18)(H,14,16)(H,15,17). The number of thiophene rings is 1. The number of carbonyl (C=O) groups is 3. The molecule has 0 aliphatic heterocycles. The van der Waals surface area contributed by atoms with Crippen molar-refractivity contribution in [3.63, 3.8) is 0 Å². The number of anilines is 1. The Hall–Kier alpha value is -2.61. The van der Waals surface area contributed by atoms with Gasteiger partial charge < -0.3 is 9.73 Å². The van der Waals surface area contributed by atoms with Gasteiger partial charge in [0.15, 0.2) is 5.76 Å². The molecule has 7 nitrogen and oxygen atoms in total. The van der Waals surface area contributed by atoms with Gasteiger partial charge in [0, 0.05) is 6.92 Å². The largest absolute Gasteiger partial charge is 0.459 e. The quantitative estimate of drug-likeness (QED) is 0.744. The van der Waals surface area contributed by atoms with Crippen LogP contribution in [0.25, 0.3) is 0 Å². The average Bonchev–Trinajstić information content (AvgIpc) is 3.06. The van der Waals surface area contributed by atoms with Gasteiger partial charge in [0.1, 0.15) is 5.00 Å². The Bertz CT molecular complexity index is 633. The van der Waals surface area contributed by atoms with Crippen molar-refractivity contribution in [2.24, 2.45) is 0 Å². The highest BCUT2D eigenvalue weighted by atomic mass is 32.1. The molecule has 0 atom stereocenters. The number of rotatable bonds is 3. The van der Waals surface area contributed by atoms with Crippen molar-refractivity contribution < 1.29 is 18.8 Å². The van der Waals surface area contributed by atoms with Crippen LogP contribution in [-0.4, -0.2) is 17.7 Å². The van der Waals surface area contributed by atoms with E-state index in [1.807, 2.05) is 0 Å². The van der Waals surface area contributed by atoms with Crippen molar-refractivity contribution in [1.82, 2.24) is 10.9 Å². The van der Waals surface area contributed by atoms with Crippen LogP contribution in [0.4, 0.5) is 5.00 Å². The molecule has 2 aromatic rings. The zero-order chi connectivity index (χ0) is 14.5. The van der Waals surface area contributed by atoms with Crippen LogP contribution in [0.3, 0.4) is 0 Å². The first-order valence-electron chi connectivity index (χ1n) is 5.57.